The lowest BCUT2D eigenvalue weighted by Gasteiger charge is -2.28. The minimum Gasteiger partial charge on any atom is -0.518 e. The number of rotatable bonds is 7. The second kappa shape index (κ2) is 8.59. The van der Waals surface area contributed by atoms with Gasteiger partial charge in [0.25, 0.3) is 0 Å². The third-order valence-corrected chi connectivity index (χ3v) is 5.88. The molecular weight excluding hydrogens is 320 g/mol. The topological polar surface area (TPSA) is 18.5 Å². The molecule has 1 aromatic rings. The summed E-state index contributed by atoms with van der Waals surface area (Å²) in [5.74, 6) is 1.90. The molecule has 0 aliphatic rings. The Bertz CT molecular complexity index is 489. The van der Waals surface area contributed by atoms with Crippen molar-refractivity contribution >= 4 is 21.9 Å². The van der Waals surface area contributed by atoms with Gasteiger partial charge in [-0.15, -0.1) is 0 Å². The molecule has 0 atom stereocenters. The second-order valence-corrected chi connectivity index (χ2v) is 10.4. The smallest absolute Gasteiger partial charge is 0.457 e. The molecule has 1 rings (SSSR count). The zero-order valence-electron chi connectivity index (χ0n) is 15.8. The highest BCUT2D eigenvalue weighted by atomic mass is 32.1. The second-order valence-electron chi connectivity index (χ2n) is 8.07. The van der Waals surface area contributed by atoms with Crippen LogP contribution in [0.1, 0.15) is 65.5 Å². The summed E-state index contributed by atoms with van der Waals surface area (Å²) in [6.07, 6.45) is 2.22. The quantitative estimate of drug-likeness (QED) is 0.396. The van der Waals surface area contributed by atoms with E-state index in [1.54, 1.807) is 7.11 Å². The van der Waals surface area contributed by atoms with Crippen LogP contribution in [0, 0.1) is 0 Å². The van der Waals surface area contributed by atoms with Gasteiger partial charge in [-0.3, -0.25) is 0 Å². The highest BCUT2D eigenvalue weighted by Crippen LogP contribution is 2.36. The maximum atomic E-state index is 6.29. The molecule has 0 spiro atoms. The van der Waals surface area contributed by atoms with Crippen LogP contribution in [0.3, 0.4) is 0 Å². The molecule has 0 amide bonds. The fourth-order valence-corrected chi connectivity index (χ4v) is 3.95. The molecule has 0 N–H and O–H groups in total. The van der Waals surface area contributed by atoms with E-state index < -0.39 is 9.28 Å². The molecule has 0 aliphatic carbocycles. The molecule has 1 radical (unpaired) electrons. The van der Waals surface area contributed by atoms with Gasteiger partial charge in [0.2, 0.25) is 0 Å². The first-order chi connectivity index (χ1) is 10.6. The molecule has 4 heteroatoms. The first kappa shape index (κ1) is 20.6. The summed E-state index contributed by atoms with van der Waals surface area (Å²) in [6.45, 7) is 13.5. The van der Waals surface area contributed by atoms with Gasteiger partial charge >= 0.3 is 9.28 Å². The zero-order valence-corrected chi connectivity index (χ0v) is 17.7. The third kappa shape index (κ3) is 6.52. The summed E-state index contributed by atoms with van der Waals surface area (Å²) in [5.41, 5.74) is 2.79. The average molecular weight is 354 g/mol. The molecule has 131 valence electrons. The standard InChI is InChI=1S/C19H33O2SSi/c1-18(2,3)15-10-11-17(16(14-15)19(4,5)6)21-23(20-7)13-9-8-12-22/h10-11,14,22H,8-9,12-13H2,1-7H3. The van der Waals surface area contributed by atoms with Crippen molar-refractivity contribution in [2.24, 2.45) is 0 Å². The number of hydrogen-bond donors (Lipinski definition) is 1. The van der Waals surface area contributed by atoms with Crippen molar-refractivity contribution in [3.05, 3.63) is 29.3 Å². The Morgan fingerprint density at radius 2 is 1.65 bits per heavy atom. The monoisotopic (exact) mass is 353 g/mol. The van der Waals surface area contributed by atoms with Gasteiger partial charge < -0.3 is 8.85 Å². The molecular formula is C19H33O2SSi. The number of hydrogen-bond acceptors (Lipinski definition) is 3. The first-order valence-electron chi connectivity index (χ1n) is 8.43. The van der Waals surface area contributed by atoms with Crippen LogP contribution in [0.5, 0.6) is 5.75 Å². The molecule has 0 fully saturated rings. The summed E-state index contributed by atoms with van der Waals surface area (Å²) >= 11 is 4.27. The highest BCUT2D eigenvalue weighted by Gasteiger charge is 2.25. The van der Waals surface area contributed by atoms with Crippen LogP contribution in [-0.2, 0) is 15.3 Å². The zero-order chi connectivity index (χ0) is 17.7. The Hall–Kier alpha value is -0.453. The SMILES string of the molecule is CO[Si](CCCCS)Oc1ccc(C(C)(C)C)cc1C(C)(C)C. The number of thiol groups is 1. The predicted molar refractivity (Wildman–Crippen MR) is 105 cm³/mol. The Balaban J connectivity index is 3.05. The van der Waals surface area contributed by atoms with Crippen molar-refractivity contribution in [1.82, 2.24) is 0 Å². The Morgan fingerprint density at radius 3 is 2.13 bits per heavy atom. The average Bonchev–Trinajstić information content (AvgIpc) is 2.44. The van der Waals surface area contributed by atoms with E-state index in [2.05, 4.69) is 72.4 Å². The van der Waals surface area contributed by atoms with Crippen LogP contribution >= 0.6 is 12.6 Å². The molecule has 0 saturated carbocycles. The normalized spacial score (nSPS) is 12.7. The van der Waals surface area contributed by atoms with Gasteiger partial charge in [-0.2, -0.15) is 12.6 Å². The lowest BCUT2D eigenvalue weighted by atomic mass is 9.80. The minimum atomic E-state index is -1.27. The van der Waals surface area contributed by atoms with E-state index >= 15 is 0 Å². The van der Waals surface area contributed by atoms with Crippen LogP contribution in [-0.4, -0.2) is 22.1 Å². The molecule has 2 nitrogen and oxygen atoms in total. The molecule has 0 unspecified atom stereocenters. The molecule has 23 heavy (non-hydrogen) atoms. The van der Waals surface area contributed by atoms with Crippen LogP contribution in [0.2, 0.25) is 6.04 Å². The van der Waals surface area contributed by atoms with Gasteiger partial charge in [-0.05, 0) is 46.6 Å². The van der Waals surface area contributed by atoms with Gasteiger partial charge in [0.15, 0.2) is 0 Å². The molecule has 0 bridgehead atoms. The third-order valence-electron chi connectivity index (χ3n) is 3.89. The summed E-state index contributed by atoms with van der Waals surface area (Å²) in [7, 11) is 0.487. The van der Waals surface area contributed by atoms with E-state index in [-0.39, 0.29) is 10.8 Å². The van der Waals surface area contributed by atoms with E-state index in [0.717, 1.165) is 30.4 Å². The van der Waals surface area contributed by atoms with Crippen molar-refractivity contribution in [2.75, 3.05) is 12.9 Å². The first-order valence-corrected chi connectivity index (χ1v) is 10.6. The lowest BCUT2D eigenvalue weighted by molar-refractivity contribution is 0.328. The van der Waals surface area contributed by atoms with Gasteiger partial charge in [0, 0.05) is 13.2 Å². The van der Waals surface area contributed by atoms with Crippen LogP contribution in [0.15, 0.2) is 18.2 Å². The molecule has 0 saturated heterocycles. The van der Waals surface area contributed by atoms with Crippen molar-refractivity contribution in [3.8, 4) is 5.75 Å². The Kier molecular flexibility index (Phi) is 7.69. The fourth-order valence-electron chi connectivity index (χ4n) is 2.37. The van der Waals surface area contributed by atoms with Crippen LogP contribution < -0.4 is 4.43 Å². The van der Waals surface area contributed by atoms with Gasteiger partial charge in [-0.25, -0.2) is 0 Å². The summed E-state index contributed by atoms with van der Waals surface area (Å²) < 4.78 is 11.9. The Labute approximate surface area is 150 Å². The molecule has 0 aromatic heterocycles. The van der Waals surface area contributed by atoms with E-state index in [4.69, 9.17) is 8.85 Å². The van der Waals surface area contributed by atoms with Gasteiger partial charge in [0.05, 0.1) is 0 Å². The molecule has 1 aromatic carbocycles. The molecule has 0 heterocycles. The van der Waals surface area contributed by atoms with E-state index in [1.165, 1.54) is 11.1 Å². The number of unbranched alkanes of at least 4 members (excludes halogenated alkanes) is 1. The summed E-state index contributed by atoms with van der Waals surface area (Å²) in [4.78, 5) is 0. The summed E-state index contributed by atoms with van der Waals surface area (Å²) in [6, 6.07) is 7.61. The van der Waals surface area contributed by atoms with Crippen molar-refractivity contribution in [2.45, 2.75) is 71.3 Å². The predicted octanol–water partition coefficient (Wildman–Crippen LogP) is 5.51. The van der Waals surface area contributed by atoms with Crippen molar-refractivity contribution in [3.63, 3.8) is 0 Å². The Morgan fingerprint density at radius 1 is 1.00 bits per heavy atom. The van der Waals surface area contributed by atoms with Gasteiger partial charge in [0.1, 0.15) is 5.75 Å². The van der Waals surface area contributed by atoms with Crippen LogP contribution in [0.25, 0.3) is 0 Å². The number of benzene rings is 1. The van der Waals surface area contributed by atoms with E-state index in [9.17, 15) is 0 Å². The summed E-state index contributed by atoms with van der Waals surface area (Å²) in [5, 5.41) is 0. The minimum absolute atomic E-state index is 0.0441. The van der Waals surface area contributed by atoms with E-state index in [1.807, 2.05) is 0 Å². The fraction of sp³-hybridized carbons (Fsp3) is 0.684. The largest absolute Gasteiger partial charge is 0.518 e. The van der Waals surface area contributed by atoms with Crippen LogP contribution in [0.4, 0.5) is 0 Å². The maximum absolute atomic E-state index is 6.29. The van der Waals surface area contributed by atoms with Gasteiger partial charge in [-0.1, -0.05) is 53.7 Å². The maximum Gasteiger partial charge on any atom is 0.457 e. The lowest BCUT2D eigenvalue weighted by Crippen LogP contribution is -2.27. The van der Waals surface area contributed by atoms with Crippen molar-refractivity contribution in [1.29, 1.82) is 0 Å². The van der Waals surface area contributed by atoms with Crippen molar-refractivity contribution < 1.29 is 8.85 Å². The van der Waals surface area contributed by atoms with E-state index in [0.29, 0.717) is 0 Å². The molecule has 0 aliphatic heterocycles. The highest BCUT2D eigenvalue weighted by molar-refractivity contribution is 7.80.